The zero-order valence-electron chi connectivity index (χ0n) is 18.7. The predicted octanol–water partition coefficient (Wildman–Crippen LogP) is 6.62. The Kier molecular flexibility index (Phi) is 7.31. The summed E-state index contributed by atoms with van der Waals surface area (Å²) < 4.78 is 6.46. The maximum atomic E-state index is 13.2. The molecule has 0 unspecified atom stereocenters. The number of rotatable bonds is 5. The van der Waals surface area contributed by atoms with Crippen LogP contribution in [0.4, 0.5) is 10.5 Å². The molecule has 0 aromatic heterocycles. The van der Waals surface area contributed by atoms with Gasteiger partial charge in [0, 0.05) is 15.6 Å². The molecule has 0 aliphatic carbocycles. The Hall–Kier alpha value is -3.13. The third kappa shape index (κ3) is 5.42. The Morgan fingerprint density at radius 2 is 1.77 bits per heavy atom. The van der Waals surface area contributed by atoms with Gasteiger partial charge < -0.3 is 4.74 Å². The van der Waals surface area contributed by atoms with Crippen LogP contribution in [0.25, 0.3) is 6.08 Å². The quantitative estimate of drug-likeness (QED) is 0.275. The number of urea groups is 1. The van der Waals surface area contributed by atoms with Crippen LogP contribution >= 0.6 is 39.1 Å². The van der Waals surface area contributed by atoms with E-state index in [1.807, 2.05) is 19.1 Å². The molecule has 9 heteroatoms. The summed E-state index contributed by atoms with van der Waals surface area (Å²) in [6, 6.07) is 14.9. The van der Waals surface area contributed by atoms with Gasteiger partial charge in [0.25, 0.3) is 11.8 Å². The summed E-state index contributed by atoms with van der Waals surface area (Å²) >= 11 is 15.6. The van der Waals surface area contributed by atoms with Crippen LogP contribution in [0.2, 0.25) is 10.0 Å². The summed E-state index contributed by atoms with van der Waals surface area (Å²) in [5.41, 5.74) is 3.24. The van der Waals surface area contributed by atoms with Gasteiger partial charge in [0.2, 0.25) is 0 Å². The fourth-order valence-corrected chi connectivity index (χ4v) is 4.50. The topological polar surface area (TPSA) is 75.7 Å². The van der Waals surface area contributed by atoms with Gasteiger partial charge in [0.15, 0.2) is 0 Å². The standard InChI is InChI=1S/C26H19BrCl2N2O4/c1-14-3-4-15(2)22(9-14)31-25(33)19(24(32)30-26(31)34)10-16-5-8-23(20(27)11-16)35-13-17-6-7-18(28)12-21(17)29/h3-12H,13H2,1-2H3,(H,30,32,34)/b19-10+. The summed E-state index contributed by atoms with van der Waals surface area (Å²) in [5, 5.41) is 3.29. The van der Waals surface area contributed by atoms with Gasteiger partial charge >= 0.3 is 6.03 Å². The zero-order valence-corrected chi connectivity index (χ0v) is 21.8. The van der Waals surface area contributed by atoms with Crippen molar-refractivity contribution in [3.8, 4) is 5.75 Å². The molecule has 3 aromatic carbocycles. The molecule has 1 N–H and O–H groups in total. The molecule has 1 aliphatic rings. The molecule has 0 atom stereocenters. The van der Waals surface area contributed by atoms with Crippen LogP contribution < -0.4 is 15.0 Å². The predicted molar refractivity (Wildman–Crippen MR) is 140 cm³/mol. The monoisotopic (exact) mass is 572 g/mol. The minimum absolute atomic E-state index is 0.154. The van der Waals surface area contributed by atoms with Crippen LogP contribution in [0.3, 0.4) is 0 Å². The largest absolute Gasteiger partial charge is 0.488 e. The molecule has 3 aromatic rings. The minimum atomic E-state index is -0.781. The first kappa shape index (κ1) is 25.0. The van der Waals surface area contributed by atoms with Crippen LogP contribution in [0.15, 0.2) is 64.6 Å². The second kappa shape index (κ2) is 10.2. The summed E-state index contributed by atoms with van der Waals surface area (Å²) in [4.78, 5) is 39.2. The van der Waals surface area contributed by atoms with E-state index in [4.69, 9.17) is 27.9 Å². The van der Waals surface area contributed by atoms with Crippen molar-refractivity contribution in [2.75, 3.05) is 4.90 Å². The molecule has 0 bridgehead atoms. The van der Waals surface area contributed by atoms with E-state index in [0.29, 0.717) is 31.5 Å². The van der Waals surface area contributed by atoms with Gasteiger partial charge in [-0.2, -0.15) is 0 Å². The zero-order chi connectivity index (χ0) is 25.3. The number of imide groups is 2. The first-order chi connectivity index (χ1) is 16.6. The molecule has 4 amide bonds. The van der Waals surface area contributed by atoms with Crippen molar-refractivity contribution in [2.45, 2.75) is 20.5 Å². The van der Waals surface area contributed by atoms with E-state index < -0.39 is 17.8 Å². The lowest BCUT2D eigenvalue weighted by atomic mass is 10.0. The maximum Gasteiger partial charge on any atom is 0.335 e. The van der Waals surface area contributed by atoms with Gasteiger partial charge in [0.05, 0.1) is 10.2 Å². The average Bonchev–Trinajstić information content (AvgIpc) is 2.79. The third-order valence-corrected chi connectivity index (χ3v) is 6.58. The van der Waals surface area contributed by atoms with Gasteiger partial charge in [-0.05, 0) is 82.9 Å². The molecule has 0 radical (unpaired) electrons. The van der Waals surface area contributed by atoms with Crippen LogP contribution in [-0.2, 0) is 16.2 Å². The molecule has 1 heterocycles. The summed E-state index contributed by atoms with van der Waals surface area (Å²) in [6.07, 6.45) is 1.44. The smallest absolute Gasteiger partial charge is 0.335 e. The number of carbonyl (C=O) groups excluding carboxylic acids is 3. The van der Waals surface area contributed by atoms with E-state index in [0.717, 1.165) is 21.6 Å². The second-order valence-electron chi connectivity index (χ2n) is 7.96. The lowest BCUT2D eigenvalue weighted by molar-refractivity contribution is -0.122. The molecule has 0 spiro atoms. The first-order valence-corrected chi connectivity index (χ1v) is 12.0. The van der Waals surface area contributed by atoms with Gasteiger partial charge in [-0.3, -0.25) is 14.9 Å². The van der Waals surface area contributed by atoms with Crippen LogP contribution in [0.5, 0.6) is 5.75 Å². The number of barbiturate groups is 1. The number of hydrogen-bond acceptors (Lipinski definition) is 4. The molecule has 1 fully saturated rings. The van der Waals surface area contributed by atoms with Gasteiger partial charge in [-0.15, -0.1) is 0 Å². The van der Waals surface area contributed by atoms with Crippen LogP contribution in [0, 0.1) is 13.8 Å². The molecular formula is C26H19BrCl2N2O4. The number of aryl methyl sites for hydroxylation is 2. The molecule has 1 saturated heterocycles. The Labute approximate surface area is 220 Å². The number of halogens is 3. The van der Waals surface area contributed by atoms with Crippen LogP contribution in [0.1, 0.15) is 22.3 Å². The first-order valence-electron chi connectivity index (χ1n) is 10.5. The average molecular weight is 574 g/mol. The number of nitrogens with one attached hydrogen (secondary N) is 1. The molecule has 0 saturated carbocycles. The molecule has 1 aliphatic heterocycles. The third-order valence-electron chi connectivity index (χ3n) is 5.37. The van der Waals surface area contributed by atoms with E-state index in [2.05, 4.69) is 21.2 Å². The highest BCUT2D eigenvalue weighted by molar-refractivity contribution is 9.10. The normalized spacial score (nSPS) is 14.9. The van der Waals surface area contributed by atoms with Crippen molar-refractivity contribution >= 4 is 68.7 Å². The fourth-order valence-electron chi connectivity index (χ4n) is 3.52. The number of carbonyl (C=O) groups is 3. The van der Waals surface area contributed by atoms with Crippen molar-refractivity contribution < 1.29 is 19.1 Å². The minimum Gasteiger partial charge on any atom is -0.488 e. The van der Waals surface area contributed by atoms with E-state index >= 15 is 0 Å². The maximum absolute atomic E-state index is 13.2. The number of nitrogens with zero attached hydrogens (tertiary/aromatic N) is 1. The second-order valence-corrected chi connectivity index (χ2v) is 9.66. The Morgan fingerprint density at radius 3 is 2.49 bits per heavy atom. The SMILES string of the molecule is Cc1ccc(C)c(N2C(=O)NC(=O)/C(=C\c3ccc(OCc4ccc(Cl)cc4Cl)c(Br)c3)C2=O)c1. The number of hydrogen-bond donors (Lipinski definition) is 1. The lowest BCUT2D eigenvalue weighted by Gasteiger charge is -2.27. The number of benzene rings is 3. The van der Waals surface area contributed by atoms with Gasteiger partial charge in [0.1, 0.15) is 17.9 Å². The highest BCUT2D eigenvalue weighted by Crippen LogP contribution is 2.31. The van der Waals surface area contributed by atoms with E-state index in [1.54, 1.807) is 49.4 Å². The van der Waals surface area contributed by atoms with Crippen molar-refractivity contribution in [3.63, 3.8) is 0 Å². The molecule has 6 nitrogen and oxygen atoms in total. The molecule has 178 valence electrons. The van der Waals surface area contributed by atoms with Crippen LogP contribution in [-0.4, -0.2) is 17.8 Å². The summed E-state index contributed by atoms with van der Waals surface area (Å²) in [5.74, 6) is -0.901. The van der Waals surface area contributed by atoms with E-state index in [-0.39, 0.29) is 12.2 Å². The Bertz CT molecular complexity index is 1400. The Morgan fingerprint density at radius 1 is 1.00 bits per heavy atom. The van der Waals surface area contributed by atoms with Crippen molar-refractivity contribution in [1.82, 2.24) is 5.32 Å². The number of amides is 4. The number of anilines is 1. The Balaban J connectivity index is 1.58. The van der Waals surface area contributed by atoms with Gasteiger partial charge in [-0.25, -0.2) is 9.69 Å². The summed E-state index contributed by atoms with van der Waals surface area (Å²) in [7, 11) is 0. The van der Waals surface area contributed by atoms with Crippen molar-refractivity contribution in [3.05, 3.63) is 96.9 Å². The molecule has 4 rings (SSSR count). The highest BCUT2D eigenvalue weighted by Gasteiger charge is 2.37. The van der Waals surface area contributed by atoms with Gasteiger partial charge in [-0.1, -0.05) is 47.5 Å². The molecule has 35 heavy (non-hydrogen) atoms. The van der Waals surface area contributed by atoms with Crippen molar-refractivity contribution in [2.24, 2.45) is 0 Å². The van der Waals surface area contributed by atoms with E-state index in [9.17, 15) is 14.4 Å². The molecular weight excluding hydrogens is 555 g/mol. The lowest BCUT2D eigenvalue weighted by Crippen LogP contribution is -2.54. The highest BCUT2D eigenvalue weighted by atomic mass is 79.9. The van der Waals surface area contributed by atoms with E-state index in [1.165, 1.54) is 6.08 Å². The van der Waals surface area contributed by atoms with Crippen molar-refractivity contribution in [1.29, 1.82) is 0 Å². The fraction of sp³-hybridized carbons (Fsp3) is 0.115. The summed E-state index contributed by atoms with van der Waals surface area (Å²) in [6.45, 7) is 3.88. The number of ether oxygens (including phenoxy) is 1.